The highest BCUT2D eigenvalue weighted by atomic mass is 16.5. The minimum Gasteiger partial charge on any atom is -0.504 e. The molecule has 4 nitrogen and oxygen atoms in total. The highest BCUT2D eigenvalue weighted by molar-refractivity contribution is 5.90. The highest BCUT2D eigenvalue weighted by Gasteiger charge is 2.09. The van der Waals surface area contributed by atoms with Crippen LogP contribution in [0.4, 0.5) is 0 Å². The molecule has 2 aromatic carbocycles. The van der Waals surface area contributed by atoms with Crippen molar-refractivity contribution in [3.8, 4) is 11.5 Å². The van der Waals surface area contributed by atoms with Crippen LogP contribution < -0.4 is 0 Å². The normalized spacial score (nSPS) is 10.2. The van der Waals surface area contributed by atoms with E-state index >= 15 is 0 Å². The molecule has 0 amide bonds. The number of hydrogen-bond donors (Lipinski definition) is 2. The van der Waals surface area contributed by atoms with Crippen molar-refractivity contribution in [3.63, 3.8) is 0 Å². The topological polar surface area (TPSA) is 66.8 Å². The Bertz CT molecular complexity index is 578. The molecule has 0 spiro atoms. The van der Waals surface area contributed by atoms with Crippen LogP contribution in [0.2, 0.25) is 0 Å². The molecule has 20 heavy (non-hydrogen) atoms. The Kier molecular flexibility index (Phi) is 4.60. The molecular formula is C16H16O4. The van der Waals surface area contributed by atoms with Crippen molar-refractivity contribution in [1.82, 2.24) is 0 Å². The molecule has 0 aliphatic rings. The lowest BCUT2D eigenvalue weighted by molar-refractivity contribution is 0.0500. The molecule has 2 N–H and O–H groups in total. The van der Waals surface area contributed by atoms with Crippen LogP contribution in [0, 0.1) is 0 Å². The van der Waals surface area contributed by atoms with E-state index in [-0.39, 0.29) is 17.1 Å². The zero-order chi connectivity index (χ0) is 14.4. The summed E-state index contributed by atoms with van der Waals surface area (Å²) in [5.74, 6) is -1.09. The van der Waals surface area contributed by atoms with Crippen LogP contribution in [0.1, 0.15) is 22.3 Å². The monoisotopic (exact) mass is 272 g/mol. The molecule has 0 atom stereocenters. The number of carbonyl (C=O) groups is 1. The van der Waals surface area contributed by atoms with Gasteiger partial charge in [-0.2, -0.15) is 0 Å². The molecule has 0 saturated heterocycles. The summed E-state index contributed by atoms with van der Waals surface area (Å²) in [5.41, 5.74) is 1.42. The molecule has 0 aromatic heterocycles. The average molecular weight is 272 g/mol. The van der Waals surface area contributed by atoms with Crippen LogP contribution in [0.3, 0.4) is 0 Å². The lowest BCUT2D eigenvalue weighted by Crippen LogP contribution is -2.07. The molecule has 0 radical (unpaired) electrons. The summed E-state index contributed by atoms with van der Waals surface area (Å²) in [6.07, 6.45) is 1.58. The van der Waals surface area contributed by atoms with Gasteiger partial charge in [0.2, 0.25) is 0 Å². The van der Waals surface area contributed by atoms with Crippen LogP contribution in [0.15, 0.2) is 48.5 Å². The fraction of sp³-hybridized carbons (Fsp3) is 0.188. The Morgan fingerprint density at radius 3 is 2.45 bits per heavy atom. The van der Waals surface area contributed by atoms with Gasteiger partial charge >= 0.3 is 5.97 Å². The largest absolute Gasteiger partial charge is 0.504 e. The van der Waals surface area contributed by atoms with Gasteiger partial charge in [-0.15, -0.1) is 0 Å². The van der Waals surface area contributed by atoms with Crippen molar-refractivity contribution < 1.29 is 19.7 Å². The zero-order valence-corrected chi connectivity index (χ0v) is 11.0. The van der Waals surface area contributed by atoms with E-state index in [2.05, 4.69) is 0 Å². The summed E-state index contributed by atoms with van der Waals surface area (Å²) in [5, 5.41) is 18.5. The second-order valence-corrected chi connectivity index (χ2v) is 4.43. The van der Waals surface area contributed by atoms with Gasteiger partial charge in [0.15, 0.2) is 11.5 Å². The van der Waals surface area contributed by atoms with E-state index in [1.54, 1.807) is 0 Å². The number of rotatable bonds is 5. The van der Waals surface area contributed by atoms with Crippen molar-refractivity contribution in [2.24, 2.45) is 0 Å². The predicted molar refractivity (Wildman–Crippen MR) is 74.8 cm³/mol. The Hall–Kier alpha value is -2.49. The number of aromatic hydroxyl groups is 2. The van der Waals surface area contributed by atoms with Crippen molar-refractivity contribution >= 4 is 5.97 Å². The molecule has 0 heterocycles. The van der Waals surface area contributed by atoms with Crippen molar-refractivity contribution in [3.05, 3.63) is 59.7 Å². The first kappa shape index (κ1) is 13.9. The second kappa shape index (κ2) is 6.61. The summed E-state index contributed by atoms with van der Waals surface area (Å²) in [6.45, 7) is 0.315. The SMILES string of the molecule is O=C(OCCCc1ccccc1)c1ccc(O)c(O)c1. The molecule has 0 unspecified atom stereocenters. The molecule has 0 aliphatic heterocycles. The minimum atomic E-state index is -0.506. The van der Waals surface area contributed by atoms with Gasteiger partial charge in [0, 0.05) is 0 Å². The first-order valence-corrected chi connectivity index (χ1v) is 6.40. The van der Waals surface area contributed by atoms with Gasteiger partial charge in [-0.05, 0) is 36.6 Å². The molecule has 104 valence electrons. The molecule has 2 rings (SSSR count). The predicted octanol–water partition coefficient (Wildman–Crippen LogP) is 2.89. The molecular weight excluding hydrogens is 256 g/mol. The van der Waals surface area contributed by atoms with Crippen molar-refractivity contribution in [2.45, 2.75) is 12.8 Å². The lowest BCUT2D eigenvalue weighted by Gasteiger charge is -2.06. The summed E-state index contributed by atoms with van der Waals surface area (Å²) in [4.78, 5) is 11.7. The van der Waals surface area contributed by atoms with E-state index in [0.717, 1.165) is 12.8 Å². The van der Waals surface area contributed by atoms with Gasteiger partial charge in [-0.25, -0.2) is 4.79 Å². The Morgan fingerprint density at radius 1 is 1.00 bits per heavy atom. The lowest BCUT2D eigenvalue weighted by atomic mass is 10.1. The van der Waals surface area contributed by atoms with Crippen LogP contribution in [0.25, 0.3) is 0 Å². The molecule has 0 aliphatic carbocycles. The van der Waals surface area contributed by atoms with Gasteiger partial charge in [0.25, 0.3) is 0 Å². The highest BCUT2D eigenvalue weighted by Crippen LogP contribution is 2.25. The number of esters is 1. The molecule has 0 bridgehead atoms. The number of carbonyl (C=O) groups excluding carboxylic acids is 1. The summed E-state index contributed by atoms with van der Waals surface area (Å²) < 4.78 is 5.11. The standard InChI is InChI=1S/C16H16O4/c17-14-9-8-13(11-15(14)18)16(19)20-10-4-7-12-5-2-1-3-6-12/h1-3,5-6,8-9,11,17-18H,4,7,10H2. The first-order valence-electron chi connectivity index (χ1n) is 6.40. The zero-order valence-electron chi connectivity index (χ0n) is 11.0. The summed E-state index contributed by atoms with van der Waals surface area (Å²) >= 11 is 0. The number of benzene rings is 2. The molecule has 4 heteroatoms. The fourth-order valence-electron chi connectivity index (χ4n) is 1.82. The fourth-order valence-corrected chi connectivity index (χ4v) is 1.82. The Labute approximate surface area is 117 Å². The molecule has 0 saturated carbocycles. The van der Waals surface area contributed by atoms with Crippen LogP contribution >= 0.6 is 0 Å². The van der Waals surface area contributed by atoms with Gasteiger partial charge < -0.3 is 14.9 Å². The van der Waals surface area contributed by atoms with Crippen molar-refractivity contribution in [2.75, 3.05) is 6.61 Å². The average Bonchev–Trinajstić information content (AvgIpc) is 2.47. The quantitative estimate of drug-likeness (QED) is 0.499. The smallest absolute Gasteiger partial charge is 0.338 e. The summed E-state index contributed by atoms with van der Waals surface area (Å²) in [7, 11) is 0. The number of ether oxygens (including phenoxy) is 1. The van der Waals surface area contributed by atoms with E-state index in [4.69, 9.17) is 9.84 Å². The third kappa shape index (κ3) is 3.75. The van der Waals surface area contributed by atoms with E-state index in [1.165, 1.54) is 23.8 Å². The number of aryl methyl sites for hydroxylation is 1. The maximum Gasteiger partial charge on any atom is 0.338 e. The number of phenols is 2. The van der Waals surface area contributed by atoms with E-state index in [0.29, 0.717) is 6.61 Å². The van der Waals surface area contributed by atoms with Gasteiger partial charge in [-0.3, -0.25) is 0 Å². The van der Waals surface area contributed by atoms with Gasteiger partial charge in [0.05, 0.1) is 12.2 Å². The Morgan fingerprint density at radius 2 is 1.75 bits per heavy atom. The second-order valence-electron chi connectivity index (χ2n) is 4.43. The van der Waals surface area contributed by atoms with E-state index in [1.807, 2.05) is 30.3 Å². The minimum absolute atomic E-state index is 0.222. The third-order valence-electron chi connectivity index (χ3n) is 2.90. The molecule has 0 fully saturated rings. The Balaban J connectivity index is 1.79. The summed E-state index contributed by atoms with van der Waals surface area (Å²) in [6, 6.07) is 13.8. The maximum absolute atomic E-state index is 11.7. The van der Waals surface area contributed by atoms with Gasteiger partial charge in [-0.1, -0.05) is 30.3 Å². The van der Waals surface area contributed by atoms with E-state index in [9.17, 15) is 9.90 Å². The van der Waals surface area contributed by atoms with Crippen LogP contribution in [0.5, 0.6) is 11.5 Å². The van der Waals surface area contributed by atoms with Crippen LogP contribution in [-0.4, -0.2) is 22.8 Å². The third-order valence-corrected chi connectivity index (χ3v) is 2.90. The number of phenolic OH excluding ortho intramolecular Hbond substituents is 2. The van der Waals surface area contributed by atoms with Gasteiger partial charge in [0.1, 0.15) is 0 Å². The van der Waals surface area contributed by atoms with Crippen LogP contribution in [-0.2, 0) is 11.2 Å². The number of hydrogen-bond acceptors (Lipinski definition) is 4. The van der Waals surface area contributed by atoms with Crippen molar-refractivity contribution in [1.29, 1.82) is 0 Å². The van der Waals surface area contributed by atoms with E-state index < -0.39 is 5.97 Å². The maximum atomic E-state index is 11.7. The first-order chi connectivity index (χ1) is 9.66. The molecule has 2 aromatic rings.